The van der Waals surface area contributed by atoms with Crippen molar-refractivity contribution < 1.29 is 4.79 Å². The van der Waals surface area contributed by atoms with E-state index in [2.05, 4.69) is 41.8 Å². The Hall–Kier alpha value is -1.35. The van der Waals surface area contributed by atoms with E-state index in [0.717, 1.165) is 19.4 Å². The monoisotopic (exact) mass is 246 g/mol. The van der Waals surface area contributed by atoms with E-state index in [1.165, 1.54) is 5.56 Å². The molecule has 1 saturated carbocycles. The summed E-state index contributed by atoms with van der Waals surface area (Å²) in [4.78, 5) is 11.8. The van der Waals surface area contributed by atoms with Crippen LogP contribution in [-0.4, -0.2) is 24.5 Å². The molecule has 3 heteroatoms. The van der Waals surface area contributed by atoms with Gasteiger partial charge in [-0.3, -0.25) is 4.79 Å². The summed E-state index contributed by atoms with van der Waals surface area (Å²) in [5.41, 5.74) is 1.31. The largest absolute Gasteiger partial charge is 0.352 e. The number of hydrogen-bond acceptors (Lipinski definition) is 2. The second-order valence-corrected chi connectivity index (χ2v) is 5.22. The maximum Gasteiger partial charge on any atom is 0.237 e. The van der Waals surface area contributed by atoms with E-state index in [1.54, 1.807) is 0 Å². The fourth-order valence-corrected chi connectivity index (χ4v) is 1.90. The van der Waals surface area contributed by atoms with Gasteiger partial charge in [0.2, 0.25) is 5.91 Å². The lowest BCUT2D eigenvalue weighted by Crippen LogP contribution is -2.44. The van der Waals surface area contributed by atoms with Crippen LogP contribution in [-0.2, 0) is 4.79 Å². The molecule has 0 aromatic heterocycles. The fourth-order valence-electron chi connectivity index (χ4n) is 1.90. The van der Waals surface area contributed by atoms with E-state index < -0.39 is 0 Å². The van der Waals surface area contributed by atoms with Crippen LogP contribution in [0.5, 0.6) is 0 Å². The predicted molar refractivity (Wildman–Crippen MR) is 73.5 cm³/mol. The number of benzene rings is 1. The molecule has 18 heavy (non-hydrogen) atoms. The van der Waals surface area contributed by atoms with Crippen molar-refractivity contribution in [1.29, 1.82) is 0 Å². The molecule has 0 spiro atoms. The number of carbonyl (C=O) groups excluding carboxylic acids is 1. The first-order valence-electron chi connectivity index (χ1n) is 6.75. The van der Waals surface area contributed by atoms with Crippen LogP contribution in [0.15, 0.2) is 30.3 Å². The molecular formula is C15H22N2O. The van der Waals surface area contributed by atoms with E-state index in [-0.39, 0.29) is 11.9 Å². The molecule has 3 nitrogen and oxygen atoms in total. The van der Waals surface area contributed by atoms with Crippen LogP contribution in [0.1, 0.15) is 38.2 Å². The first kappa shape index (κ1) is 13.1. The van der Waals surface area contributed by atoms with E-state index >= 15 is 0 Å². The van der Waals surface area contributed by atoms with Crippen LogP contribution in [0.25, 0.3) is 0 Å². The molecule has 1 fully saturated rings. The van der Waals surface area contributed by atoms with Gasteiger partial charge in [0.1, 0.15) is 0 Å². The van der Waals surface area contributed by atoms with Gasteiger partial charge in [-0.05, 0) is 31.2 Å². The normalized spacial score (nSPS) is 18.1. The number of rotatable bonds is 6. The highest BCUT2D eigenvalue weighted by Crippen LogP contribution is 2.18. The summed E-state index contributed by atoms with van der Waals surface area (Å²) >= 11 is 0. The summed E-state index contributed by atoms with van der Waals surface area (Å²) < 4.78 is 0. The number of nitrogens with one attached hydrogen (secondary N) is 2. The highest BCUT2D eigenvalue weighted by atomic mass is 16.2. The Kier molecular flexibility index (Phi) is 4.37. The predicted octanol–water partition coefficient (Wildman–Crippen LogP) is 2.05. The highest BCUT2D eigenvalue weighted by Gasteiger charge is 2.25. The van der Waals surface area contributed by atoms with Gasteiger partial charge in [-0.2, -0.15) is 0 Å². The minimum Gasteiger partial charge on any atom is -0.352 e. The zero-order valence-electron chi connectivity index (χ0n) is 11.1. The fraction of sp³-hybridized carbons (Fsp3) is 0.533. The first-order chi connectivity index (χ1) is 8.66. The molecule has 0 bridgehead atoms. The lowest BCUT2D eigenvalue weighted by molar-refractivity contribution is -0.122. The van der Waals surface area contributed by atoms with Crippen molar-refractivity contribution in [2.24, 2.45) is 0 Å². The van der Waals surface area contributed by atoms with E-state index in [9.17, 15) is 4.79 Å². The summed E-state index contributed by atoms with van der Waals surface area (Å²) in [6.45, 7) is 4.92. The maximum atomic E-state index is 11.8. The van der Waals surface area contributed by atoms with Crippen molar-refractivity contribution in [3.8, 4) is 0 Å². The van der Waals surface area contributed by atoms with Crippen LogP contribution < -0.4 is 10.6 Å². The van der Waals surface area contributed by atoms with Gasteiger partial charge >= 0.3 is 0 Å². The summed E-state index contributed by atoms with van der Waals surface area (Å²) in [5.74, 6) is 0.542. The topological polar surface area (TPSA) is 41.1 Å². The minimum atomic E-state index is -0.114. The van der Waals surface area contributed by atoms with Gasteiger partial charge in [0.05, 0.1) is 6.04 Å². The lowest BCUT2D eigenvalue weighted by atomic mass is 10.0. The molecular weight excluding hydrogens is 224 g/mol. The van der Waals surface area contributed by atoms with Crippen molar-refractivity contribution in [3.63, 3.8) is 0 Å². The van der Waals surface area contributed by atoms with Gasteiger partial charge in [-0.15, -0.1) is 0 Å². The Labute approximate surface area is 109 Å². The Bertz CT molecular complexity index is 387. The molecule has 0 saturated heterocycles. The quantitative estimate of drug-likeness (QED) is 0.806. The zero-order valence-corrected chi connectivity index (χ0v) is 11.1. The van der Waals surface area contributed by atoms with Crippen LogP contribution in [0.2, 0.25) is 0 Å². The van der Waals surface area contributed by atoms with Crippen LogP contribution in [0, 0.1) is 0 Å². The molecule has 1 aliphatic carbocycles. The summed E-state index contributed by atoms with van der Waals surface area (Å²) in [7, 11) is 0. The molecule has 1 aromatic carbocycles. The van der Waals surface area contributed by atoms with Crippen LogP contribution >= 0.6 is 0 Å². The molecule has 1 amide bonds. The van der Waals surface area contributed by atoms with Gasteiger partial charge in [-0.25, -0.2) is 0 Å². The summed E-state index contributed by atoms with van der Waals surface area (Å²) in [5, 5.41) is 6.32. The van der Waals surface area contributed by atoms with Crippen molar-refractivity contribution in [2.45, 2.75) is 44.7 Å². The molecule has 0 radical (unpaired) electrons. The highest BCUT2D eigenvalue weighted by molar-refractivity contribution is 5.81. The van der Waals surface area contributed by atoms with Crippen molar-refractivity contribution in [3.05, 3.63) is 35.9 Å². The zero-order chi connectivity index (χ0) is 13.0. The Morgan fingerprint density at radius 1 is 1.28 bits per heavy atom. The average molecular weight is 246 g/mol. The average Bonchev–Trinajstić information content (AvgIpc) is 3.20. The Balaban J connectivity index is 1.74. The van der Waals surface area contributed by atoms with Gasteiger partial charge in [0.25, 0.3) is 0 Å². The number of carbonyl (C=O) groups is 1. The van der Waals surface area contributed by atoms with Gasteiger partial charge in [0.15, 0.2) is 0 Å². The Morgan fingerprint density at radius 2 is 1.94 bits per heavy atom. The van der Waals surface area contributed by atoms with E-state index in [4.69, 9.17) is 0 Å². The third-order valence-corrected chi connectivity index (χ3v) is 3.42. The molecule has 98 valence electrons. The first-order valence-corrected chi connectivity index (χ1v) is 6.75. The van der Waals surface area contributed by atoms with Gasteiger partial charge in [-0.1, -0.05) is 37.3 Å². The minimum absolute atomic E-state index is 0.114. The standard InChI is InChI=1S/C15H22N2O/c1-11(13-6-4-3-5-7-13)10-16-12(2)15(18)17-14-8-9-14/h3-7,11-12,14,16H,8-10H2,1-2H3,(H,17,18). The molecule has 1 aliphatic rings. The second kappa shape index (κ2) is 6.01. The maximum absolute atomic E-state index is 11.8. The van der Waals surface area contributed by atoms with Crippen LogP contribution in [0.4, 0.5) is 0 Å². The van der Waals surface area contributed by atoms with E-state index in [0.29, 0.717) is 12.0 Å². The van der Waals surface area contributed by atoms with Crippen molar-refractivity contribution in [2.75, 3.05) is 6.54 Å². The van der Waals surface area contributed by atoms with Crippen LogP contribution in [0.3, 0.4) is 0 Å². The molecule has 2 N–H and O–H groups in total. The summed E-state index contributed by atoms with van der Waals surface area (Å²) in [6, 6.07) is 10.7. The molecule has 2 rings (SSSR count). The van der Waals surface area contributed by atoms with Crippen molar-refractivity contribution in [1.82, 2.24) is 10.6 Å². The van der Waals surface area contributed by atoms with Gasteiger partial charge < -0.3 is 10.6 Å². The Morgan fingerprint density at radius 3 is 2.56 bits per heavy atom. The van der Waals surface area contributed by atoms with E-state index in [1.807, 2.05) is 13.0 Å². The smallest absolute Gasteiger partial charge is 0.237 e. The third kappa shape index (κ3) is 3.84. The van der Waals surface area contributed by atoms with Gasteiger partial charge in [0, 0.05) is 12.6 Å². The molecule has 2 atom stereocenters. The SMILES string of the molecule is CC(NCC(C)c1ccccc1)C(=O)NC1CC1. The summed E-state index contributed by atoms with van der Waals surface area (Å²) in [6.07, 6.45) is 2.28. The number of hydrogen-bond donors (Lipinski definition) is 2. The van der Waals surface area contributed by atoms with Crippen molar-refractivity contribution >= 4 is 5.91 Å². The lowest BCUT2D eigenvalue weighted by Gasteiger charge is -2.17. The molecule has 0 aliphatic heterocycles. The third-order valence-electron chi connectivity index (χ3n) is 3.42. The number of amides is 1. The molecule has 1 aromatic rings. The molecule has 2 unspecified atom stereocenters. The molecule has 0 heterocycles. The second-order valence-electron chi connectivity index (χ2n) is 5.22.